The molecule has 6 nitrogen and oxygen atoms in total. The Hall–Kier alpha value is -3.42. The summed E-state index contributed by atoms with van der Waals surface area (Å²) in [6.07, 6.45) is 3.51. The molecule has 33 heavy (non-hydrogen) atoms. The van der Waals surface area contributed by atoms with Gasteiger partial charge in [-0.25, -0.2) is 14.4 Å². The monoisotopic (exact) mass is 446 g/mol. The van der Waals surface area contributed by atoms with Crippen LogP contribution >= 0.6 is 0 Å². The van der Waals surface area contributed by atoms with Crippen molar-refractivity contribution in [2.24, 2.45) is 4.99 Å². The molecule has 1 unspecified atom stereocenters. The molecule has 1 fully saturated rings. The van der Waals surface area contributed by atoms with Crippen molar-refractivity contribution < 1.29 is 14.2 Å². The highest BCUT2D eigenvalue weighted by Crippen LogP contribution is 2.33. The van der Waals surface area contributed by atoms with E-state index in [9.17, 15) is 9.50 Å². The molecule has 1 aliphatic heterocycles. The Morgan fingerprint density at radius 3 is 2.70 bits per heavy atom. The number of nitrogens with zero attached hydrogens (tertiary/aromatic N) is 4. The van der Waals surface area contributed by atoms with Gasteiger partial charge in [0.05, 0.1) is 30.1 Å². The molecule has 0 amide bonds. The van der Waals surface area contributed by atoms with E-state index in [0.29, 0.717) is 35.7 Å². The molecule has 2 heterocycles. The van der Waals surface area contributed by atoms with E-state index in [1.165, 1.54) is 18.6 Å². The lowest BCUT2D eigenvalue weighted by Crippen LogP contribution is -2.36. The number of aliphatic hydroxyl groups is 1. The van der Waals surface area contributed by atoms with Crippen molar-refractivity contribution in [2.75, 3.05) is 31.2 Å². The highest BCUT2D eigenvalue weighted by atomic mass is 19.1. The number of aliphatic imine (C=N–C) groups is 1. The van der Waals surface area contributed by atoms with Gasteiger partial charge >= 0.3 is 0 Å². The molecule has 1 atom stereocenters. The van der Waals surface area contributed by atoms with Crippen molar-refractivity contribution in [3.63, 3.8) is 0 Å². The maximum Gasteiger partial charge on any atom is 0.132 e. The van der Waals surface area contributed by atoms with Gasteiger partial charge in [0.25, 0.3) is 0 Å². The average Bonchev–Trinajstić information content (AvgIpc) is 2.84. The first-order valence-corrected chi connectivity index (χ1v) is 10.9. The number of hydrogen-bond donors (Lipinski definition) is 1. The van der Waals surface area contributed by atoms with Crippen LogP contribution in [0, 0.1) is 5.82 Å². The fourth-order valence-corrected chi connectivity index (χ4v) is 3.94. The molecule has 170 valence electrons. The Labute approximate surface area is 192 Å². The number of aromatic nitrogens is 2. The molecule has 1 aliphatic rings. The minimum atomic E-state index is -1.01. The number of morpholine rings is 1. The number of anilines is 1. The van der Waals surface area contributed by atoms with Gasteiger partial charge in [-0.1, -0.05) is 24.3 Å². The average molecular weight is 447 g/mol. The summed E-state index contributed by atoms with van der Waals surface area (Å²) in [5.74, 6) is -0.420. The first kappa shape index (κ1) is 22.8. The van der Waals surface area contributed by atoms with Gasteiger partial charge in [0.2, 0.25) is 0 Å². The molecule has 4 rings (SSSR count). The van der Waals surface area contributed by atoms with Crippen molar-refractivity contribution in [1.82, 2.24) is 9.97 Å². The van der Waals surface area contributed by atoms with Crippen molar-refractivity contribution in [2.45, 2.75) is 20.0 Å². The van der Waals surface area contributed by atoms with Crippen LogP contribution in [0.4, 0.5) is 10.1 Å². The van der Waals surface area contributed by atoms with Gasteiger partial charge in [-0.2, -0.15) is 0 Å². The van der Waals surface area contributed by atoms with Crippen molar-refractivity contribution in [3.05, 3.63) is 78.0 Å². The van der Waals surface area contributed by atoms with Crippen LogP contribution in [0.3, 0.4) is 0 Å². The third-order valence-corrected chi connectivity index (χ3v) is 5.65. The van der Waals surface area contributed by atoms with Gasteiger partial charge in [-0.15, -0.1) is 0 Å². The van der Waals surface area contributed by atoms with Crippen LogP contribution in [0.1, 0.15) is 25.5 Å². The molecule has 0 radical (unpaired) electrons. The fourth-order valence-electron chi connectivity index (χ4n) is 3.94. The quantitative estimate of drug-likeness (QED) is 0.548. The zero-order valence-corrected chi connectivity index (χ0v) is 18.8. The zero-order chi connectivity index (χ0) is 23.4. The first-order valence-electron chi connectivity index (χ1n) is 10.9. The molecule has 7 heteroatoms. The third-order valence-electron chi connectivity index (χ3n) is 5.65. The number of aliphatic hydroxyl groups excluding tert-OH is 1. The minimum Gasteiger partial charge on any atom is -0.382 e. The highest BCUT2D eigenvalue weighted by molar-refractivity contribution is 5.94. The molecule has 0 aliphatic carbocycles. The van der Waals surface area contributed by atoms with Gasteiger partial charge in [-0.3, -0.25) is 4.99 Å². The smallest absolute Gasteiger partial charge is 0.132 e. The second kappa shape index (κ2) is 10.0. The van der Waals surface area contributed by atoms with E-state index in [0.717, 1.165) is 35.3 Å². The summed E-state index contributed by atoms with van der Waals surface area (Å²) in [5.41, 5.74) is 4.45. The summed E-state index contributed by atoms with van der Waals surface area (Å²) in [6.45, 7) is 10.4. The molecule has 2 aromatic carbocycles. The van der Waals surface area contributed by atoms with Crippen LogP contribution < -0.4 is 4.90 Å². The highest BCUT2D eigenvalue weighted by Gasteiger charge is 2.19. The van der Waals surface area contributed by atoms with Crippen molar-refractivity contribution >= 4 is 22.8 Å². The van der Waals surface area contributed by atoms with E-state index in [4.69, 9.17) is 4.74 Å². The van der Waals surface area contributed by atoms with Crippen molar-refractivity contribution in [3.8, 4) is 11.3 Å². The van der Waals surface area contributed by atoms with E-state index in [1.807, 2.05) is 32.0 Å². The van der Waals surface area contributed by atoms with Gasteiger partial charge < -0.3 is 14.7 Å². The zero-order valence-electron chi connectivity index (χ0n) is 18.8. The number of fused-ring (bicyclic) bond motifs is 1. The predicted molar refractivity (Wildman–Crippen MR) is 130 cm³/mol. The second-order valence-corrected chi connectivity index (χ2v) is 8.06. The van der Waals surface area contributed by atoms with E-state index < -0.39 is 11.9 Å². The van der Waals surface area contributed by atoms with Gasteiger partial charge in [-0.05, 0) is 49.7 Å². The number of halogens is 1. The third kappa shape index (κ3) is 4.84. The molecule has 1 saturated heterocycles. The second-order valence-electron chi connectivity index (χ2n) is 8.06. The summed E-state index contributed by atoms with van der Waals surface area (Å²) in [7, 11) is 0. The van der Waals surface area contributed by atoms with Gasteiger partial charge in [0.1, 0.15) is 18.2 Å². The number of benzene rings is 2. The summed E-state index contributed by atoms with van der Waals surface area (Å²) >= 11 is 0. The number of rotatable bonds is 6. The molecule has 0 bridgehead atoms. The molecule has 1 N–H and O–H groups in total. The van der Waals surface area contributed by atoms with Crippen LogP contribution in [-0.4, -0.2) is 47.6 Å². The number of hydrogen-bond acceptors (Lipinski definition) is 6. The Morgan fingerprint density at radius 2 is 1.97 bits per heavy atom. The fraction of sp³-hybridized carbons (Fsp3) is 0.269. The van der Waals surface area contributed by atoms with E-state index in [2.05, 4.69) is 26.4 Å². The van der Waals surface area contributed by atoms with Crippen LogP contribution in [0.15, 0.2) is 71.6 Å². The number of ether oxygens (including phenoxy) is 1. The van der Waals surface area contributed by atoms with E-state index >= 15 is 0 Å². The Balaban J connectivity index is 1.76. The molecular formula is C26H27FN4O2. The maximum atomic E-state index is 15.0. The van der Waals surface area contributed by atoms with Crippen LogP contribution in [0.5, 0.6) is 0 Å². The lowest BCUT2D eigenvalue weighted by molar-refractivity contribution is 0.122. The SMILES string of the molecule is C=CC=NC(=C(C)C)C(O)c1ccc(F)c(-c2ncnc3cc(N4CCOCC4)ccc23)c1. The normalized spacial score (nSPS) is 15.1. The lowest BCUT2D eigenvalue weighted by Gasteiger charge is -2.29. The summed E-state index contributed by atoms with van der Waals surface area (Å²) in [5, 5.41) is 11.7. The molecular weight excluding hydrogens is 419 g/mol. The van der Waals surface area contributed by atoms with Crippen LogP contribution in [0.2, 0.25) is 0 Å². The van der Waals surface area contributed by atoms with Crippen LogP contribution in [0.25, 0.3) is 22.2 Å². The van der Waals surface area contributed by atoms with Gasteiger partial charge in [0, 0.05) is 35.9 Å². The summed E-state index contributed by atoms with van der Waals surface area (Å²) in [4.78, 5) is 15.4. The topological polar surface area (TPSA) is 70.8 Å². The molecule has 3 aromatic rings. The molecule has 0 spiro atoms. The largest absolute Gasteiger partial charge is 0.382 e. The van der Waals surface area contributed by atoms with E-state index in [-0.39, 0.29) is 0 Å². The standard InChI is InChI=1S/C26H27FN4O2/c1-4-9-28-24(17(2)3)26(32)18-5-8-22(27)21(14-18)25-20-7-6-19(15-23(20)29-16-30-25)31-10-12-33-13-11-31/h4-9,14-16,26,32H,1,10-13H2,2-3H3. The Kier molecular flexibility index (Phi) is 6.91. The minimum absolute atomic E-state index is 0.305. The lowest BCUT2D eigenvalue weighted by atomic mass is 9.98. The summed E-state index contributed by atoms with van der Waals surface area (Å²) < 4.78 is 20.4. The molecule has 1 aromatic heterocycles. The first-order chi connectivity index (χ1) is 16.0. The predicted octanol–water partition coefficient (Wildman–Crippen LogP) is 4.86. The maximum absolute atomic E-state index is 15.0. The Bertz CT molecular complexity index is 1230. The summed E-state index contributed by atoms with van der Waals surface area (Å²) in [6, 6.07) is 10.5. The number of allylic oxidation sites excluding steroid dienone is 2. The van der Waals surface area contributed by atoms with Gasteiger partial charge in [0.15, 0.2) is 0 Å². The molecule has 0 saturated carbocycles. The van der Waals surface area contributed by atoms with Crippen LogP contribution in [-0.2, 0) is 4.74 Å². The van der Waals surface area contributed by atoms with Crippen molar-refractivity contribution in [1.29, 1.82) is 0 Å². The Morgan fingerprint density at radius 1 is 1.18 bits per heavy atom. The van der Waals surface area contributed by atoms with E-state index in [1.54, 1.807) is 18.2 Å².